The maximum atomic E-state index is 12.6. The van der Waals surface area contributed by atoms with Crippen LogP contribution in [0.15, 0.2) is 65.2 Å². The van der Waals surface area contributed by atoms with Gasteiger partial charge >= 0.3 is 0 Å². The number of benzene rings is 2. The van der Waals surface area contributed by atoms with Crippen molar-refractivity contribution in [2.24, 2.45) is 11.8 Å². The van der Waals surface area contributed by atoms with Crippen LogP contribution in [0.25, 0.3) is 6.08 Å². The summed E-state index contributed by atoms with van der Waals surface area (Å²) in [4.78, 5) is 19.2. The quantitative estimate of drug-likeness (QED) is 0.449. The molecule has 1 unspecified atom stereocenters. The van der Waals surface area contributed by atoms with Crippen molar-refractivity contribution >= 4 is 11.9 Å². The Morgan fingerprint density at radius 3 is 2.50 bits per heavy atom. The Morgan fingerprint density at radius 1 is 1.06 bits per heavy atom. The van der Waals surface area contributed by atoms with Crippen LogP contribution in [-0.4, -0.2) is 34.9 Å². The maximum Gasteiger partial charge on any atom is 0.250 e. The van der Waals surface area contributed by atoms with Crippen molar-refractivity contribution in [2.75, 3.05) is 14.1 Å². The molecule has 1 saturated carbocycles. The smallest absolute Gasteiger partial charge is 0.250 e. The molecule has 166 valence electrons. The van der Waals surface area contributed by atoms with Crippen LogP contribution < -0.4 is 0 Å². The number of ketones is 1. The van der Waals surface area contributed by atoms with Gasteiger partial charge in [-0.2, -0.15) is 4.98 Å². The second-order valence-electron chi connectivity index (χ2n) is 9.01. The number of nitrogens with zero attached hydrogens (tertiary/aromatic N) is 3. The van der Waals surface area contributed by atoms with Crippen LogP contribution in [0, 0.1) is 18.8 Å². The summed E-state index contributed by atoms with van der Waals surface area (Å²) in [6.07, 6.45) is 8.69. The van der Waals surface area contributed by atoms with Gasteiger partial charge in [0.05, 0.1) is 0 Å². The van der Waals surface area contributed by atoms with E-state index in [1.807, 2.05) is 31.2 Å². The number of hydrogen-bond donors (Lipinski definition) is 0. The molecule has 1 aliphatic carbocycles. The molecular weight excluding hydrogens is 398 g/mol. The van der Waals surface area contributed by atoms with Crippen molar-refractivity contribution in [2.45, 2.75) is 38.6 Å². The van der Waals surface area contributed by atoms with E-state index in [1.54, 1.807) is 6.07 Å². The van der Waals surface area contributed by atoms with E-state index in [0.29, 0.717) is 29.3 Å². The summed E-state index contributed by atoms with van der Waals surface area (Å²) in [5, 5.41) is 3.88. The van der Waals surface area contributed by atoms with Gasteiger partial charge in [-0.15, -0.1) is 0 Å². The fourth-order valence-corrected chi connectivity index (χ4v) is 4.82. The van der Waals surface area contributed by atoms with E-state index in [0.717, 1.165) is 18.4 Å². The van der Waals surface area contributed by atoms with E-state index >= 15 is 0 Å². The molecule has 0 saturated heterocycles. The van der Waals surface area contributed by atoms with E-state index in [4.69, 9.17) is 4.52 Å². The number of carbonyl (C=O) groups is 1. The molecule has 0 bridgehead atoms. The highest BCUT2D eigenvalue weighted by molar-refractivity contribution is 6.06. The lowest BCUT2D eigenvalue weighted by molar-refractivity contribution is 0.102. The molecule has 1 aromatic heterocycles. The number of allylic oxidation sites excluding steroid dienone is 1. The zero-order valence-corrected chi connectivity index (χ0v) is 19.1. The Balaban J connectivity index is 1.35. The van der Waals surface area contributed by atoms with Crippen LogP contribution in [0.2, 0.25) is 0 Å². The van der Waals surface area contributed by atoms with Gasteiger partial charge in [-0.05, 0) is 76.2 Å². The van der Waals surface area contributed by atoms with Gasteiger partial charge in [-0.1, -0.05) is 65.3 Å². The second-order valence-corrected chi connectivity index (χ2v) is 9.01. The fraction of sp³-hybridized carbons (Fsp3) is 0.370. The maximum absolute atomic E-state index is 12.6. The average molecular weight is 430 g/mol. The lowest BCUT2D eigenvalue weighted by atomic mass is 9.76. The van der Waals surface area contributed by atoms with E-state index < -0.39 is 0 Å². The van der Waals surface area contributed by atoms with Crippen LogP contribution in [0.1, 0.15) is 64.9 Å². The summed E-state index contributed by atoms with van der Waals surface area (Å²) in [7, 11) is 4.35. The van der Waals surface area contributed by atoms with E-state index in [2.05, 4.69) is 65.5 Å². The van der Waals surface area contributed by atoms with Crippen LogP contribution in [0.3, 0.4) is 0 Å². The van der Waals surface area contributed by atoms with Crippen molar-refractivity contribution in [3.63, 3.8) is 0 Å². The van der Waals surface area contributed by atoms with Crippen molar-refractivity contribution in [3.05, 3.63) is 89.1 Å². The molecule has 2 aromatic carbocycles. The van der Waals surface area contributed by atoms with Gasteiger partial charge in [0.15, 0.2) is 0 Å². The summed E-state index contributed by atoms with van der Waals surface area (Å²) in [6.45, 7) is 1.95. The second kappa shape index (κ2) is 10.0. The summed E-state index contributed by atoms with van der Waals surface area (Å²) in [6, 6.07) is 18.7. The Labute approximate surface area is 190 Å². The molecule has 5 nitrogen and oxygen atoms in total. The highest BCUT2D eigenvalue weighted by Crippen LogP contribution is 2.39. The first-order valence-corrected chi connectivity index (χ1v) is 11.4. The molecule has 0 N–H and O–H groups in total. The van der Waals surface area contributed by atoms with Crippen LogP contribution >= 0.6 is 0 Å². The van der Waals surface area contributed by atoms with Crippen molar-refractivity contribution in [3.8, 4) is 0 Å². The van der Waals surface area contributed by atoms with Gasteiger partial charge in [0, 0.05) is 11.6 Å². The molecule has 0 aliphatic heterocycles. The minimum absolute atomic E-state index is 0.107. The highest BCUT2D eigenvalue weighted by Gasteiger charge is 2.29. The lowest BCUT2D eigenvalue weighted by Crippen LogP contribution is -2.30. The van der Waals surface area contributed by atoms with E-state index in [9.17, 15) is 4.79 Å². The Bertz CT molecular complexity index is 1060. The topological polar surface area (TPSA) is 59.2 Å². The molecular formula is C27H31N3O2. The standard InChI is InChI=1S/C27H31N3O2/c1-19-8-7-11-23(18-19)26(31)27-28-24(32-29-27)17-14-20-12-15-22(16-13-20)25(30(2)3)21-9-5-4-6-10-21/h4-11,14,17-18,20,22,25H,12-13,15-16H2,1-3H3/b17-14+. The van der Waals surface area contributed by atoms with Crippen LogP contribution in [-0.2, 0) is 0 Å². The first-order valence-electron chi connectivity index (χ1n) is 11.4. The largest absolute Gasteiger partial charge is 0.334 e. The first kappa shape index (κ1) is 22.2. The molecule has 1 aliphatic rings. The number of hydrogen-bond acceptors (Lipinski definition) is 5. The minimum Gasteiger partial charge on any atom is -0.334 e. The van der Waals surface area contributed by atoms with Gasteiger partial charge in [0.2, 0.25) is 11.6 Å². The zero-order valence-electron chi connectivity index (χ0n) is 19.1. The predicted octanol–water partition coefficient (Wildman–Crippen LogP) is 5.73. The van der Waals surface area contributed by atoms with Gasteiger partial charge in [0.25, 0.3) is 5.89 Å². The van der Waals surface area contributed by atoms with Crippen molar-refractivity contribution < 1.29 is 9.32 Å². The zero-order chi connectivity index (χ0) is 22.5. The molecule has 1 heterocycles. The molecule has 5 heteroatoms. The molecule has 0 radical (unpaired) electrons. The summed E-state index contributed by atoms with van der Waals surface area (Å²) in [5.41, 5.74) is 3.00. The lowest BCUT2D eigenvalue weighted by Gasteiger charge is -2.37. The Hall–Kier alpha value is -3.05. The van der Waals surface area contributed by atoms with Crippen molar-refractivity contribution in [1.82, 2.24) is 15.0 Å². The van der Waals surface area contributed by atoms with Crippen LogP contribution in [0.4, 0.5) is 0 Å². The number of aromatic nitrogens is 2. The number of carbonyl (C=O) groups excluding carboxylic acids is 1. The van der Waals surface area contributed by atoms with E-state index in [1.165, 1.54) is 18.4 Å². The molecule has 3 aromatic rings. The number of aryl methyl sites for hydroxylation is 1. The fourth-order valence-electron chi connectivity index (χ4n) is 4.82. The third kappa shape index (κ3) is 5.22. The first-order chi connectivity index (χ1) is 15.5. The summed E-state index contributed by atoms with van der Waals surface area (Å²) in [5.74, 6) is 1.43. The molecule has 1 fully saturated rings. The monoisotopic (exact) mass is 429 g/mol. The van der Waals surface area contributed by atoms with Crippen molar-refractivity contribution in [1.29, 1.82) is 0 Å². The number of rotatable bonds is 7. The summed E-state index contributed by atoms with van der Waals surface area (Å²) >= 11 is 0. The van der Waals surface area contributed by atoms with Gasteiger partial charge in [-0.25, -0.2) is 0 Å². The van der Waals surface area contributed by atoms with Gasteiger partial charge in [-0.3, -0.25) is 4.79 Å². The third-order valence-corrected chi connectivity index (χ3v) is 6.40. The molecule has 0 amide bonds. The van der Waals surface area contributed by atoms with Gasteiger partial charge in [0.1, 0.15) is 0 Å². The van der Waals surface area contributed by atoms with Gasteiger partial charge < -0.3 is 9.42 Å². The molecule has 0 spiro atoms. The van der Waals surface area contributed by atoms with Crippen LogP contribution in [0.5, 0.6) is 0 Å². The Morgan fingerprint density at radius 2 is 1.81 bits per heavy atom. The third-order valence-electron chi connectivity index (χ3n) is 6.40. The van der Waals surface area contributed by atoms with E-state index in [-0.39, 0.29) is 11.6 Å². The Kier molecular flexibility index (Phi) is 6.96. The molecule has 1 atom stereocenters. The highest BCUT2D eigenvalue weighted by atomic mass is 16.5. The average Bonchev–Trinajstić information content (AvgIpc) is 3.28. The SMILES string of the molecule is Cc1cccc(C(=O)c2noc(/C=C/C3CCC(C(c4ccccc4)N(C)C)CC3)n2)c1. The summed E-state index contributed by atoms with van der Waals surface area (Å²) < 4.78 is 5.30. The normalized spacial score (nSPS) is 20.0. The molecule has 4 rings (SSSR count). The predicted molar refractivity (Wildman–Crippen MR) is 126 cm³/mol. The molecule has 32 heavy (non-hydrogen) atoms. The minimum atomic E-state index is -0.215.